The number of thiazole rings is 1. The summed E-state index contributed by atoms with van der Waals surface area (Å²) in [5.41, 5.74) is 0.950. The van der Waals surface area contributed by atoms with E-state index in [1.807, 2.05) is 17.2 Å². The Balaban J connectivity index is 1.80. The van der Waals surface area contributed by atoms with Crippen LogP contribution in [0.2, 0.25) is 0 Å². The lowest BCUT2D eigenvalue weighted by Gasteiger charge is -2.30. The quantitative estimate of drug-likeness (QED) is 0.879. The van der Waals surface area contributed by atoms with Crippen LogP contribution >= 0.6 is 11.3 Å². The summed E-state index contributed by atoms with van der Waals surface area (Å²) in [6, 6.07) is 0.0437. The normalized spacial score (nSPS) is 20.4. The molecule has 0 bridgehead atoms. The van der Waals surface area contributed by atoms with Crippen LogP contribution in [0.1, 0.15) is 30.5 Å². The van der Waals surface area contributed by atoms with Crippen molar-refractivity contribution in [3.05, 3.63) is 16.1 Å². The van der Waals surface area contributed by atoms with Crippen molar-refractivity contribution in [2.45, 2.75) is 33.2 Å². The number of nitrogens with one attached hydrogen (secondary N) is 1. The second-order valence-corrected chi connectivity index (χ2v) is 5.77. The predicted molar refractivity (Wildman–Crippen MR) is 69.1 cm³/mol. The minimum absolute atomic E-state index is 0.0437. The van der Waals surface area contributed by atoms with Crippen LogP contribution in [0.15, 0.2) is 5.38 Å². The third kappa shape index (κ3) is 3.43. The molecule has 2 rings (SSSR count). The predicted octanol–water partition coefficient (Wildman–Crippen LogP) is 2.39. The van der Waals surface area contributed by atoms with Crippen LogP contribution in [0.5, 0.6) is 0 Å². The van der Waals surface area contributed by atoms with Gasteiger partial charge in [-0.05, 0) is 25.7 Å². The van der Waals surface area contributed by atoms with E-state index in [1.54, 1.807) is 11.3 Å². The molecule has 2 heterocycles. The standard InChI is InChI=1S/C12H19N3OS/c1-9-4-3-5-15(7-9)12(16)13-6-11-8-17-10(2)14-11/h8-9H,3-7H2,1-2H3,(H,13,16). The van der Waals surface area contributed by atoms with E-state index in [9.17, 15) is 4.79 Å². The Morgan fingerprint density at radius 2 is 2.53 bits per heavy atom. The Kier molecular flexibility index (Phi) is 3.99. The lowest BCUT2D eigenvalue weighted by molar-refractivity contribution is 0.169. The molecule has 0 radical (unpaired) electrons. The summed E-state index contributed by atoms with van der Waals surface area (Å²) in [5, 5.41) is 5.97. The number of carbonyl (C=O) groups is 1. The van der Waals surface area contributed by atoms with Crippen molar-refractivity contribution >= 4 is 17.4 Å². The number of rotatable bonds is 2. The van der Waals surface area contributed by atoms with E-state index >= 15 is 0 Å². The van der Waals surface area contributed by atoms with E-state index in [-0.39, 0.29) is 6.03 Å². The molecular weight excluding hydrogens is 234 g/mol. The van der Waals surface area contributed by atoms with Gasteiger partial charge in [-0.15, -0.1) is 11.3 Å². The van der Waals surface area contributed by atoms with Crippen LogP contribution in [0.4, 0.5) is 4.79 Å². The van der Waals surface area contributed by atoms with Gasteiger partial charge >= 0.3 is 6.03 Å². The Morgan fingerprint density at radius 3 is 3.18 bits per heavy atom. The molecule has 1 unspecified atom stereocenters. The van der Waals surface area contributed by atoms with Gasteiger partial charge in [-0.3, -0.25) is 0 Å². The maximum atomic E-state index is 11.9. The number of aryl methyl sites for hydroxylation is 1. The van der Waals surface area contributed by atoms with Gasteiger partial charge in [0.2, 0.25) is 0 Å². The minimum Gasteiger partial charge on any atom is -0.332 e. The molecule has 2 amide bonds. The molecule has 1 aliphatic heterocycles. The fourth-order valence-electron chi connectivity index (χ4n) is 2.14. The van der Waals surface area contributed by atoms with Crippen molar-refractivity contribution in [1.29, 1.82) is 0 Å². The van der Waals surface area contributed by atoms with Crippen LogP contribution in [-0.4, -0.2) is 29.0 Å². The second kappa shape index (κ2) is 5.49. The van der Waals surface area contributed by atoms with Crippen molar-refractivity contribution in [1.82, 2.24) is 15.2 Å². The Morgan fingerprint density at radius 1 is 1.71 bits per heavy atom. The maximum absolute atomic E-state index is 11.9. The second-order valence-electron chi connectivity index (χ2n) is 4.71. The monoisotopic (exact) mass is 253 g/mol. The molecular formula is C12H19N3OS. The molecule has 0 saturated carbocycles. The molecule has 0 aromatic carbocycles. The number of urea groups is 1. The smallest absolute Gasteiger partial charge is 0.317 e. The summed E-state index contributed by atoms with van der Waals surface area (Å²) < 4.78 is 0. The van der Waals surface area contributed by atoms with Gasteiger partial charge in [0, 0.05) is 18.5 Å². The zero-order valence-corrected chi connectivity index (χ0v) is 11.2. The summed E-state index contributed by atoms with van der Waals surface area (Å²) >= 11 is 1.62. The van der Waals surface area contributed by atoms with Crippen LogP contribution in [0, 0.1) is 12.8 Å². The first kappa shape index (κ1) is 12.4. The van der Waals surface area contributed by atoms with Gasteiger partial charge in [0.05, 0.1) is 17.2 Å². The molecule has 1 aromatic heterocycles. The summed E-state index contributed by atoms with van der Waals surface area (Å²) in [6.45, 7) is 6.47. The Labute approximate surface area is 106 Å². The molecule has 1 aromatic rings. The SMILES string of the molecule is Cc1nc(CNC(=O)N2CCCC(C)C2)cs1. The Hall–Kier alpha value is -1.10. The number of amides is 2. The fourth-order valence-corrected chi connectivity index (χ4v) is 2.75. The average Bonchev–Trinajstić information content (AvgIpc) is 2.72. The highest BCUT2D eigenvalue weighted by molar-refractivity contribution is 7.09. The van der Waals surface area contributed by atoms with E-state index in [0.717, 1.165) is 30.2 Å². The van der Waals surface area contributed by atoms with Crippen LogP contribution in [-0.2, 0) is 6.54 Å². The number of piperidine rings is 1. The summed E-state index contributed by atoms with van der Waals surface area (Å²) in [6.07, 6.45) is 2.35. The molecule has 1 aliphatic rings. The van der Waals surface area contributed by atoms with E-state index in [0.29, 0.717) is 12.5 Å². The number of aromatic nitrogens is 1. The number of likely N-dealkylation sites (tertiary alicyclic amines) is 1. The summed E-state index contributed by atoms with van der Waals surface area (Å²) in [5.74, 6) is 0.621. The summed E-state index contributed by atoms with van der Waals surface area (Å²) in [7, 11) is 0. The molecule has 17 heavy (non-hydrogen) atoms. The molecule has 5 heteroatoms. The average molecular weight is 253 g/mol. The van der Waals surface area contributed by atoms with Gasteiger partial charge in [0.1, 0.15) is 0 Å². The van der Waals surface area contributed by atoms with Gasteiger partial charge in [-0.1, -0.05) is 6.92 Å². The zero-order valence-electron chi connectivity index (χ0n) is 10.4. The van der Waals surface area contributed by atoms with E-state index in [1.165, 1.54) is 6.42 Å². The van der Waals surface area contributed by atoms with E-state index in [2.05, 4.69) is 17.2 Å². The molecule has 1 atom stereocenters. The topological polar surface area (TPSA) is 45.2 Å². The number of hydrogen-bond acceptors (Lipinski definition) is 3. The van der Waals surface area contributed by atoms with Crippen molar-refractivity contribution in [2.75, 3.05) is 13.1 Å². The third-order valence-electron chi connectivity index (χ3n) is 3.03. The lowest BCUT2D eigenvalue weighted by Crippen LogP contribution is -2.44. The van der Waals surface area contributed by atoms with Gasteiger partial charge in [-0.25, -0.2) is 9.78 Å². The maximum Gasteiger partial charge on any atom is 0.317 e. The van der Waals surface area contributed by atoms with Gasteiger partial charge < -0.3 is 10.2 Å². The molecule has 0 spiro atoms. The molecule has 1 fully saturated rings. The molecule has 4 nitrogen and oxygen atoms in total. The first-order valence-electron chi connectivity index (χ1n) is 6.09. The van der Waals surface area contributed by atoms with E-state index < -0.39 is 0 Å². The van der Waals surface area contributed by atoms with Crippen molar-refractivity contribution < 1.29 is 4.79 Å². The highest BCUT2D eigenvalue weighted by Crippen LogP contribution is 2.15. The van der Waals surface area contributed by atoms with Crippen molar-refractivity contribution in [3.8, 4) is 0 Å². The van der Waals surface area contributed by atoms with Crippen molar-refractivity contribution in [3.63, 3.8) is 0 Å². The van der Waals surface area contributed by atoms with Gasteiger partial charge in [-0.2, -0.15) is 0 Å². The molecule has 0 aliphatic carbocycles. The number of hydrogen-bond donors (Lipinski definition) is 1. The Bertz CT molecular complexity index is 391. The number of carbonyl (C=O) groups excluding carboxylic acids is 1. The fraction of sp³-hybridized carbons (Fsp3) is 0.667. The van der Waals surface area contributed by atoms with E-state index in [4.69, 9.17) is 0 Å². The third-order valence-corrected chi connectivity index (χ3v) is 3.85. The first-order chi connectivity index (χ1) is 8.15. The van der Waals surface area contributed by atoms with Crippen LogP contribution in [0.25, 0.3) is 0 Å². The van der Waals surface area contributed by atoms with Gasteiger partial charge in [0.25, 0.3) is 0 Å². The lowest BCUT2D eigenvalue weighted by atomic mass is 10.0. The van der Waals surface area contributed by atoms with Crippen LogP contribution in [0.3, 0.4) is 0 Å². The number of nitrogens with zero attached hydrogens (tertiary/aromatic N) is 2. The zero-order chi connectivity index (χ0) is 12.3. The highest BCUT2D eigenvalue weighted by Gasteiger charge is 2.20. The molecule has 1 N–H and O–H groups in total. The van der Waals surface area contributed by atoms with Crippen LogP contribution < -0.4 is 5.32 Å². The van der Waals surface area contributed by atoms with Gasteiger partial charge in [0.15, 0.2) is 0 Å². The molecule has 1 saturated heterocycles. The molecule has 94 valence electrons. The minimum atomic E-state index is 0.0437. The first-order valence-corrected chi connectivity index (χ1v) is 6.97. The highest BCUT2D eigenvalue weighted by atomic mass is 32.1. The van der Waals surface area contributed by atoms with Crippen molar-refractivity contribution in [2.24, 2.45) is 5.92 Å². The largest absolute Gasteiger partial charge is 0.332 e. The summed E-state index contributed by atoms with van der Waals surface area (Å²) in [4.78, 5) is 18.2.